The van der Waals surface area contributed by atoms with Crippen molar-refractivity contribution in [3.05, 3.63) is 108 Å². The Balaban J connectivity index is 1.67. The molecule has 0 unspecified atom stereocenters. The normalized spacial score (nSPS) is 18.4. The topological polar surface area (TPSA) is 46.0 Å². The molecule has 6 heteroatoms. The summed E-state index contributed by atoms with van der Waals surface area (Å²) in [6.45, 7) is 2.09. The largest absolute Gasteiger partial charge is 0.351 e. The van der Waals surface area contributed by atoms with Gasteiger partial charge in [-0.1, -0.05) is 23.8 Å². The average Bonchev–Trinajstić information content (AvgIpc) is 3.40. The first-order valence-electron chi connectivity index (χ1n) is 9.87. The van der Waals surface area contributed by atoms with Crippen LogP contribution in [0.15, 0.2) is 91.5 Å². The third kappa shape index (κ3) is 3.25. The van der Waals surface area contributed by atoms with Crippen LogP contribution in [0.4, 0.5) is 5.69 Å². The molecule has 0 radical (unpaired) electrons. The molecule has 3 aromatic heterocycles. The molecule has 0 saturated carbocycles. The Bertz CT molecular complexity index is 1160. The first-order chi connectivity index (χ1) is 14.7. The molecule has 2 atom stereocenters. The van der Waals surface area contributed by atoms with E-state index in [0.717, 1.165) is 22.8 Å². The number of nitrogens with one attached hydrogen (secondary N) is 1. The highest BCUT2D eigenvalue weighted by Gasteiger charge is 2.42. The molecular weight excluding hydrogens is 390 g/mol. The molecule has 0 aliphatic carbocycles. The van der Waals surface area contributed by atoms with Crippen LogP contribution in [0.2, 0.25) is 0 Å². The van der Waals surface area contributed by atoms with Crippen molar-refractivity contribution in [3.8, 4) is 5.69 Å². The molecule has 30 heavy (non-hydrogen) atoms. The van der Waals surface area contributed by atoms with Crippen LogP contribution in [0.5, 0.6) is 0 Å². The number of rotatable bonds is 4. The summed E-state index contributed by atoms with van der Waals surface area (Å²) in [5, 5.41) is 4.22. The maximum atomic E-state index is 5.81. The fourth-order valence-electron chi connectivity index (χ4n) is 4.01. The highest BCUT2D eigenvalue weighted by Crippen LogP contribution is 2.42. The van der Waals surface area contributed by atoms with E-state index in [1.54, 1.807) is 0 Å². The molecule has 5 rings (SSSR count). The molecular formula is C24H21N5S. The molecule has 1 aliphatic rings. The third-order valence-corrected chi connectivity index (χ3v) is 5.75. The van der Waals surface area contributed by atoms with Gasteiger partial charge in [0.2, 0.25) is 0 Å². The van der Waals surface area contributed by atoms with Gasteiger partial charge in [-0.3, -0.25) is 9.97 Å². The van der Waals surface area contributed by atoms with Crippen molar-refractivity contribution in [3.63, 3.8) is 0 Å². The summed E-state index contributed by atoms with van der Waals surface area (Å²) in [5.41, 5.74) is 5.43. The fraction of sp³-hybridized carbons (Fsp3) is 0.125. The SMILES string of the molecule is Cc1ccc(N2C(=S)N[C@@H](c3ccccn3)[C@@H]2c2cccn2-c2ccncc2)cc1. The Morgan fingerprint density at radius 1 is 0.867 bits per heavy atom. The number of aromatic nitrogens is 3. The summed E-state index contributed by atoms with van der Waals surface area (Å²) in [7, 11) is 0. The lowest BCUT2D eigenvalue weighted by molar-refractivity contribution is 0.549. The van der Waals surface area contributed by atoms with Crippen LogP contribution >= 0.6 is 12.2 Å². The fourth-order valence-corrected chi connectivity index (χ4v) is 4.36. The van der Waals surface area contributed by atoms with E-state index < -0.39 is 0 Å². The summed E-state index contributed by atoms with van der Waals surface area (Å²) >= 11 is 5.81. The predicted octanol–water partition coefficient (Wildman–Crippen LogP) is 4.75. The van der Waals surface area contributed by atoms with Crippen molar-refractivity contribution in [2.75, 3.05) is 4.90 Å². The molecule has 1 aliphatic heterocycles. The van der Waals surface area contributed by atoms with Crippen LogP contribution in [-0.2, 0) is 0 Å². The first-order valence-corrected chi connectivity index (χ1v) is 10.3. The summed E-state index contributed by atoms with van der Waals surface area (Å²) in [6.07, 6.45) is 7.53. The number of anilines is 1. The number of nitrogens with zero attached hydrogens (tertiary/aromatic N) is 4. The molecule has 1 N–H and O–H groups in total. The van der Waals surface area contributed by atoms with Gasteiger partial charge in [0, 0.05) is 41.9 Å². The Morgan fingerprint density at radius 3 is 2.40 bits per heavy atom. The molecule has 1 aromatic carbocycles. The second-order valence-electron chi connectivity index (χ2n) is 7.34. The van der Waals surface area contributed by atoms with Crippen LogP contribution in [0, 0.1) is 6.92 Å². The maximum absolute atomic E-state index is 5.81. The van der Waals surface area contributed by atoms with E-state index in [-0.39, 0.29) is 12.1 Å². The lowest BCUT2D eigenvalue weighted by atomic mass is 10.0. The number of hydrogen-bond acceptors (Lipinski definition) is 3. The molecule has 1 fully saturated rings. The van der Waals surface area contributed by atoms with Gasteiger partial charge in [0.15, 0.2) is 5.11 Å². The van der Waals surface area contributed by atoms with Gasteiger partial charge < -0.3 is 14.8 Å². The van der Waals surface area contributed by atoms with E-state index in [0.29, 0.717) is 5.11 Å². The quantitative estimate of drug-likeness (QED) is 0.491. The van der Waals surface area contributed by atoms with Gasteiger partial charge >= 0.3 is 0 Å². The highest BCUT2D eigenvalue weighted by molar-refractivity contribution is 7.80. The molecule has 148 valence electrons. The van der Waals surface area contributed by atoms with Gasteiger partial charge in [-0.25, -0.2) is 0 Å². The molecule has 0 amide bonds. The summed E-state index contributed by atoms with van der Waals surface area (Å²) in [5.74, 6) is 0. The Morgan fingerprint density at radius 2 is 1.67 bits per heavy atom. The zero-order valence-electron chi connectivity index (χ0n) is 16.5. The third-order valence-electron chi connectivity index (χ3n) is 5.43. The molecule has 4 aromatic rings. The Kier molecular flexibility index (Phi) is 4.77. The highest BCUT2D eigenvalue weighted by atomic mass is 32.1. The van der Waals surface area contributed by atoms with E-state index in [4.69, 9.17) is 12.2 Å². The molecule has 1 saturated heterocycles. The first kappa shape index (κ1) is 18.5. The van der Waals surface area contributed by atoms with Gasteiger partial charge in [0.25, 0.3) is 0 Å². The van der Waals surface area contributed by atoms with Gasteiger partial charge in [-0.05, 0) is 67.7 Å². The average molecular weight is 412 g/mol. The zero-order chi connectivity index (χ0) is 20.5. The van der Waals surface area contributed by atoms with Crippen molar-refractivity contribution in [1.29, 1.82) is 0 Å². The lowest BCUT2D eigenvalue weighted by Crippen LogP contribution is -2.30. The standard InChI is InChI=1S/C24H21N5S/c1-17-7-9-19(10-8-17)29-23(22(27-24(29)30)20-5-2-3-13-26-20)21-6-4-16-28(21)18-11-14-25-15-12-18/h2-16,22-23H,1H3,(H,27,30)/t22-,23-/m0/s1. The van der Waals surface area contributed by atoms with Gasteiger partial charge in [0.1, 0.15) is 6.04 Å². The van der Waals surface area contributed by atoms with Crippen molar-refractivity contribution in [2.45, 2.75) is 19.0 Å². The van der Waals surface area contributed by atoms with Crippen LogP contribution in [-0.4, -0.2) is 19.6 Å². The molecule has 0 bridgehead atoms. The minimum Gasteiger partial charge on any atom is -0.351 e. The van der Waals surface area contributed by atoms with Gasteiger partial charge in [0.05, 0.1) is 11.7 Å². The minimum absolute atomic E-state index is 0.0572. The van der Waals surface area contributed by atoms with Crippen LogP contribution in [0.25, 0.3) is 5.69 Å². The number of aryl methyl sites for hydroxylation is 1. The second-order valence-corrected chi connectivity index (χ2v) is 7.73. The lowest BCUT2D eigenvalue weighted by Gasteiger charge is -2.29. The monoisotopic (exact) mass is 411 g/mol. The van der Waals surface area contributed by atoms with Crippen LogP contribution < -0.4 is 10.2 Å². The molecule has 0 spiro atoms. The Labute approximate surface area is 181 Å². The van der Waals surface area contributed by atoms with E-state index >= 15 is 0 Å². The van der Waals surface area contributed by atoms with Gasteiger partial charge in [-0.15, -0.1) is 0 Å². The van der Waals surface area contributed by atoms with Gasteiger partial charge in [-0.2, -0.15) is 0 Å². The maximum Gasteiger partial charge on any atom is 0.174 e. The zero-order valence-corrected chi connectivity index (χ0v) is 17.3. The van der Waals surface area contributed by atoms with Crippen molar-refractivity contribution in [2.24, 2.45) is 0 Å². The van der Waals surface area contributed by atoms with Crippen LogP contribution in [0.1, 0.15) is 29.0 Å². The number of thiocarbonyl (C=S) groups is 1. The number of benzene rings is 1. The second kappa shape index (κ2) is 7.72. The predicted molar refractivity (Wildman–Crippen MR) is 123 cm³/mol. The van der Waals surface area contributed by atoms with Crippen molar-refractivity contribution in [1.82, 2.24) is 19.9 Å². The van der Waals surface area contributed by atoms with Crippen molar-refractivity contribution < 1.29 is 0 Å². The number of hydrogen-bond donors (Lipinski definition) is 1. The Hall–Kier alpha value is -3.51. The van der Waals surface area contributed by atoms with Crippen LogP contribution in [0.3, 0.4) is 0 Å². The smallest absolute Gasteiger partial charge is 0.174 e. The summed E-state index contributed by atoms with van der Waals surface area (Å²) < 4.78 is 2.19. The summed E-state index contributed by atoms with van der Waals surface area (Å²) in [4.78, 5) is 11.0. The molecule has 5 nitrogen and oxygen atoms in total. The van der Waals surface area contributed by atoms with E-state index in [1.807, 2.05) is 48.9 Å². The molecule has 4 heterocycles. The summed E-state index contributed by atoms with van der Waals surface area (Å²) in [6, 6.07) is 22.6. The van der Waals surface area contributed by atoms with E-state index in [2.05, 4.69) is 74.3 Å². The van der Waals surface area contributed by atoms with Crippen molar-refractivity contribution >= 4 is 23.0 Å². The minimum atomic E-state index is -0.0736. The van der Waals surface area contributed by atoms with E-state index in [1.165, 1.54) is 5.56 Å². The van der Waals surface area contributed by atoms with E-state index in [9.17, 15) is 0 Å². The number of pyridine rings is 2.